The molecule has 2 heterocycles. The zero-order valence-electron chi connectivity index (χ0n) is 14.2. The van der Waals surface area contributed by atoms with Gasteiger partial charge in [-0.25, -0.2) is 4.79 Å². The molecule has 2 aliphatic rings. The fraction of sp³-hybridized carbons (Fsp3) is 0.529. The van der Waals surface area contributed by atoms with E-state index in [2.05, 4.69) is 27.2 Å². The molecule has 1 aromatic carbocycles. The Morgan fingerprint density at radius 2 is 1.79 bits per heavy atom. The first-order chi connectivity index (χ1) is 11.6. The van der Waals surface area contributed by atoms with E-state index in [0.717, 1.165) is 37.6 Å². The number of nitrogens with zero attached hydrogens (tertiary/aromatic N) is 3. The van der Waals surface area contributed by atoms with Gasteiger partial charge in [-0.3, -0.25) is 14.6 Å². The highest BCUT2D eigenvalue weighted by atomic mass is 16.5. The van der Waals surface area contributed by atoms with Crippen LogP contribution in [0.3, 0.4) is 0 Å². The van der Waals surface area contributed by atoms with E-state index >= 15 is 0 Å². The summed E-state index contributed by atoms with van der Waals surface area (Å²) >= 11 is 0. The first-order valence-electron chi connectivity index (χ1n) is 8.32. The third kappa shape index (κ3) is 3.31. The predicted octanol–water partition coefficient (Wildman–Crippen LogP) is 0.758. The van der Waals surface area contributed by atoms with Gasteiger partial charge in [-0.1, -0.05) is 0 Å². The molecule has 1 N–H and O–H groups in total. The quantitative estimate of drug-likeness (QED) is 0.882. The molecule has 0 aliphatic carbocycles. The van der Waals surface area contributed by atoms with Crippen molar-refractivity contribution in [2.75, 3.05) is 51.3 Å². The third-order valence-electron chi connectivity index (χ3n) is 4.78. The molecule has 1 atom stereocenters. The minimum absolute atomic E-state index is 0.108. The average molecular weight is 332 g/mol. The van der Waals surface area contributed by atoms with Gasteiger partial charge in [-0.05, 0) is 31.2 Å². The molecule has 0 bridgehead atoms. The number of rotatable bonds is 4. The number of nitrogens with one attached hydrogen (secondary N) is 1. The Bertz CT molecular complexity index is 596. The average Bonchev–Trinajstić information content (AvgIpc) is 3.06. The fourth-order valence-electron chi connectivity index (χ4n) is 3.22. The molecule has 7 heteroatoms. The Morgan fingerprint density at radius 3 is 2.33 bits per heavy atom. The summed E-state index contributed by atoms with van der Waals surface area (Å²) in [6.45, 7) is 6.21. The van der Waals surface area contributed by atoms with E-state index in [-0.39, 0.29) is 18.0 Å². The zero-order chi connectivity index (χ0) is 17.1. The number of ether oxygens (including phenoxy) is 1. The maximum Gasteiger partial charge on any atom is 0.324 e. The molecule has 0 saturated carbocycles. The topological polar surface area (TPSA) is 65.1 Å². The number of anilines is 1. The summed E-state index contributed by atoms with van der Waals surface area (Å²) in [5.74, 6) is 0.739. The molecule has 2 fully saturated rings. The van der Waals surface area contributed by atoms with Gasteiger partial charge in [0.1, 0.15) is 5.75 Å². The standard InChI is InChI=1S/C17H24N4O3/c1-13(16(22)21-8-7-18-17(21)23)19-9-11-20(12-10-19)14-3-5-15(24-2)6-4-14/h3-6,13H,7-12H2,1-2H3,(H,18,23)/t13-/m1/s1. The maximum atomic E-state index is 12.5. The van der Waals surface area contributed by atoms with E-state index in [0.29, 0.717) is 13.1 Å². The number of amides is 3. The molecule has 0 radical (unpaired) electrons. The number of benzene rings is 1. The monoisotopic (exact) mass is 332 g/mol. The van der Waals surface area contributed by atoms with Crippen LogP contribution in [0.25, 0.3) is 0 Å². The number of methoxy groups -OCH3 is 1. The van der Waals surface area contributed by atoms with Crippen LogP contribution in [0.4, 0.5) is 10.5 Å². The highest BCUT2D eigenvalue weighted by molar-refractivity contribution is 5.98. The number of carbonyl (C=O) groups is 2. The molecular formula is C17H24N4O3. The lowest BCUT2D eigenvalue weighted by molar-refractivity contribution is -0.132. The molecule has 0 spiro atoms. The first kappa shape index (κ1) is 16.6. The molecule has 0 unspecified atom stereocenters. The second kappa shape index (κ2) is 7.09. The zero-order valence-corrected chi connectivity index (χ0v) is 14.2. The van der Waals surface area contributed by atoms with Gasteiger partial charge in [0, 0.05) is 45.0 Å². The van der Waals surface area contributed by atoms with Crippen molar-refractivity contribution in [3.63, 3.8) is 0 Å². The van der Waals surface area contributed by atoms with Gasteiger partial charge >= 0.3 is 6.03 Å². The molecule has 130 valence electrons. The predicted molar refractivity (Wildman–Crippen MR) is 91.4 cm³/mol. The van der Waals surface area contributed by atoms with Gasteiger partial charge in [0.25, 0.3) is 0 Å². The molecule has 24 heavy (non-hydrogen) atoms. The van der Waals surface area contributed by atoms with E-state index in [9.17, 15) is 9.59 Å². The van der Waals surface area contributed by atoms with Crippen LogP contribution in [0.1, 0.15) is 6.92 Å². The highest BCUT2D eigenvalue weighted by Gasteiger charge is 2.33. The largest absolute Gasteiger partial charge is 0.497 e. The second-order valence-electron chi connectivity index (χ2n) is 6.12. The van der Waals surface area contributed by atoms with Gasteiger partial charge in [-0.2, -0.15) is 0 Å². The summed E-state index contributed by atoms with van der Waals surface area (Å²) in [5.41, 5.74) is 1.16. The van der Waals surface area contributed by atoms with E-state index in [1.165, 1.54) is 4.90 Å². The van der Waals surface area contributed by atoms with E-state index in [1.807, 2.05) is 19.1 Å². The van der Waals surface area contributed by atoms with Crippen molar-refractivity contribution in [3.05, 3.63) is 24.3 Å². The lowest BCUT2D eigenvalue weighted by Crippen LogP contribution is -2.55. The van der Waals surface area contributed by atoms with Crippen LogP contribution in [-0.2, 0) is 4.79 Å². The first-order valence-corrected chi connectivity index (χ1v) is 8.32. The van der Waals surface area contributed by atoms with Crippen molar-refractivity contribution in [1.82, 2.24) is 15.1 Å². The second-order valence-corrected chi connectivity index (χ2v) is 6.12. The van der Waals surface area contributed by atoms with Gasteiger partial charge < -0.3 is 15.0 Å². The molecule has 1 aromatic rings. The van der Waals surface area contributed by atoms with E-state index < -0.39 is 0 Å². The Balaban J connectivity index is 1.55. The van der Waals surface area contributed by atoms with Crippen LogP contribution in [0.15, 0.2) is 24.3 Å². The smallest absolute Gasteiger partial charge is 0.324 e. The number of hydrogen-bond acceptors (Lipinski definition) is 5. The molecule has 2 saturated heterocycles. The number of hydrogen-bond donors (Lipinski definition) is 1. The van der Waals surface area contributed by atoms with Crippen LogP contribution in [0.2, 0.25) is 0 Å². The summed E-state index contributed by atoms with van der Waals surface area (Å²) in [6, 6.07) is 7.48. The summed E-state index contributed by atoms with van der Waals surface area (Å²) < 4.78 is 5.19. The van der Waals surface area contributed by atoms with Crippen LogP contribution >= 0.6 is 0 Å². The molecule has 7 nitrogen and oxygen atoms in total. The van der Waals surface area contributed by atoms with Gasteiger partial charge in [0.15, 0.2) is 0 Å². The maximum absolute atomic E-state index is 12.5. The van der Waals surface area contributed by atoms with Crippen molar-refractivity contribution in [2.24, 2.45) is 0 Å². The minimum atomic E-state index is -0.274. The minimum Gasteiger partial charge on any atom is -0.497 e. The number of carbonyl (C=O) groups excluding carboxylic acids is 2. The number of piperazine rings is 1. The summed E-state index contributed by atoms with van der Waals surface area (Å²) in [5, 5.41) is 2.68. The van der Waals surface area contributed by atoms with Gasteiger partial charge in [0.05, 0.1) is 13.2 Å². The van der Waals surface area contributed by atoms with Crippen LogP contribution in [0, 0.1) is 0 Å². The van der Waals surface area contributed by atoms with Crippen molar-refractivity contribution in [1.29, 1.82) is 0 Å². The molecule has 0 aromatic heterocycles. The third-order valence-corrected chi connectivity index (χ3v) is 4.78. The van der Waals surface area contributed by atoms with Crippen molar-refractivity contribution in [3.8, 4) is 5.75 Å². The van der Waals surface area contributed by atoms with Gasteiger partial charge in [0.2, 0.25) is 5.91 Å². The SMILES string of the molecule is COc1ccc(N2CCN([C@H](C)C(=O)N3CCNC3=O)CC2)cc1. The van der Waals surface area contributed by atoms with Crippen LogP contribution < -0.4 is 15.0 Å². The highest BCUT2D eigenvalue weighted by Crippen LogP contribution is 2.21. The van der Waals surface area contributed by atoms with E-state index in [1.54, 1.807) is 7.11 Å². The fourth-order valence-corrected chi connectivity index (χ4v) is 3.22. The Kier molecular flexibility index (Phi) is 4.89. The van der Waals surface area contributed by atoms with Crippen molar-refractivity contribution >= 4 is 17.6 Å². The molecular weight excluding hydrogens is 308 g/mol. The normalized spacial score (nSPS) is 20.0. The lowest BCUT2D eigenvalue weighted by Gasteiger charge is -2.39. The Labute approximate surface area is 142 Å². The Morgan fingerprint density at radius 1 is 1.12 bits per heavy atom. The number of imide groups is 1. The van der Waals surface area contributed by atoms with Crippen molar-refractivity contribution in [2.45, 2.75) is 13.0 Å². The van der Waals surface area contributed by atoms with Crippen LogP contribution in [0.5, 0.6) is 5.75 Å². The molecule has 3 amide bonds. The summed E-state index contributed by atoms with van der Waals surface area (Å²) in [6.07, 6.45) is 0. The van der Waals surface area contributed by atoms with Crippen LogP contribution in [-0.4, -0.2) is 74.2 Å². The molecule has 3 rings (SSSR count). The molecule has 2 aliphatic heterocycles. The van der Waals surface area contributed by atoms with Gasteiger partial charge in [-0.15, -0.1) is 0 Å². The lowest BCUT2D eigenvalue weighted by atomic mass is 10.2. The van der Waals surface area contributed by atoms with E-state index in [4.69, 9.17) is 4.74 Å². The Hall–Kier alpha value is -2.28. The van der Waals surface area contributed by atoms with Crippen molar-refractivity contribution < 1.29 is 14.3 Å². The summed E-state index contributed by atoms with van der Waals surface area (Å²) in [4.78, 5) is 29.9. The summed E-state index contributed by atoms with van der Waals surface area (Å²) in [7, 11) is 1.66. The number of urea groups is 1.